The molecule has 2 aliphatic rings. The van der Waals surface area contributed by atoms with Gasteiger partial charge in [0.2, 0.25) is 5.91 Å². The Labute approximate surface area is 234 Å². The van der Waals surface area contributed by atoms with Crippen LogP contribution in [0.15, 0.2) is 72.8 Å². The van der Waals surface area contributed by atoms with Gasteiger partial charge >= 0.3 is 0 Å². The molecule has 0 unspecified atom stereocenters. The van der Waals surface area contributed by atoms with E-state index in [0.717, 1.165) is 80.4 Å². The predicted octanol–water partition coefficient (Wildman–Crippen LogP) is 4.79. The summed E-state index contributed by atoms with van der Waals surface area (Å²) in [6, 6.07) is 23.1. The zero-order chi connectivity index (χ0) is 27.5. The van der Waals surface area contributed by atoms with Crippen molar-refractivity contribution < 1.29 is 13.9 Å². The van der Waals surface area contributed by atoms with Crippen LogP contribution < -0.4 is 9.64 Å². The van der Waals surface area contributed by atoms with E-state index in [4.69, 9.17) is 9.72 Å². The Balaban J connectivity index is 1.06. The van der Waals surface area contributed by atoms with Gasteiger partial charge in [-0.2, -0.15) is 0 Å². The third-order valence-electron chi connectivity index (χ3n) is 8.32. The molecule has 3 aromatic carbocycles. The number of methoxy groups -OCH3 is 1. The zero-order valence-electron chi connectivity index (χ0n) is 23.0. The van der Waals surface area contributed by atoms with E-state index in [-0.39, 0.29) is 17.6 Å². The number of aromatic nitrogens is 2. The van der Waals surface area contributed by atoms with Gasteiger partial charge in [0.15, 0.2) is 0 Å². The van der Waals surface area contributed by atoms with Gasteiger partial charge in [-0.15, -0.1) is 0 Å². The lowest BCUT2D eigenvalue weighted by molar-refractivity contribution is -0.137. The Kier molecular flexibility index (Phi) is 7.68. The first-order chi connectivity index (χ1) is 19.6. The van der Waals surface area contributed by atoms with E-state index in [1.807, 2.05) is 35.2 Å². The van der Waals surface area contributed by atoms with Crippen LogP contribution >= 0.6 is 0 Å². The van der Waals surface area contributed by atoms with Crippen molar-refractivity contribution in [2.24, 2.45) is 5.92 Å². The van der Waals surface area contributed by atoms with Crippen molar-refractivity contribution in [1.82, 2.24) is 19.4 Å². The number of ether oxygens (including phenoxy) is 1. The van der Waals surface area contributed by atoms with Gasteiger partial charge in [0.05, 0.1) is 24.7 Å². The average molecular weight is 542 g/mol. The molecule has 0 saturated carbocycles. The molecule has 0 radical (unpaired) electrons. The number of piperazine rings is 1. The van der Waals surface area contributed by atoms with Crippen LogP contribution in [0.5, 0.6) is 5.75 Å². The minimum atomic E-state index is -0.224. The van der Waals surface area contributed by atoms with E-state index in [1.165, 1.54) is 17.7 Å². The van der Waals surface area contributed by atoms with Gasteiger partial charge < -0.3 is 19.1 Å². The maximum Gasteiger partial charge on any atom is 0.225 e. The summed E-state index contributed by atoms with van der Waals surface area (Å²) in [6.07, 6.45) is 1.74. The lowest BCUT2D eigenvalue weighted by Gasteiger charge is -2.39. The van der Waals surface area contributed by atoms with Gasteiger partial charge in [-0.25, -0.2) is 9.37 Å². The van der Waals surface area contributed by atoms with Crippen molar-refractivity contribution in [2.75, 3.05) is 51.3 Å². The average Bonchev–Trinajstić information content (AvgIpc) is 3.34. The van der Waals surface area contributed by atoms with E-state index in [0.29, 0.717) is 13.1 Å². The van der Waals surface area contributed by atoms with Crippen LogP contribution in [-0.2, 0) is 17.9 Å². The summed E-state index contributed by atoms with van der Waals surface area (Å²) in [5, 5.41) is 0. The van der Waals surface area contributed by atoms with Crippen molar-refractivity contribution >= 4 is 22.6 Å². The number of nitrogens with zero attached hydrogens (tertiary/aromatic N) is 5. The van der Waals surface area contributed by atoms with Crippen LogP contribution in [0.2, 0.25) is 0 Å². The van der Waals surface area contributed by atoms with Gasteiger partial charge in [0.25, 0.3) is 0 Å². The molecule has 0 atom stereocenters. The number of para-hydroxylation sites is 2. The number of likely N-dealkylation sites (tertiary alicyclic amines) is 1. The number of halogens is 1. The molecule has 2 saturated heterocycles. The molecule has 2 fully saturated rings. The molecule has 0 aliphatic carbocycles. The van der Waals surface area contributed by atoms with Crippen LogP contribution in [0.3, 0.4) is 0 Å². The molecular formula is C32H36FN5O2. The molecule has 40 heavy (non-hydrogen) atoms. The lowest BCUT2D eigenvalue weighted by atomic mass is 9.95. The normalized spacial score (nSPS) is 16.9. The fraction of sp³-hybridized carbons (Fsp3) is 0.375. The smallest absolute Gasteiger partial charge is 0.225 e. The molecule has 0 N–H and O–H groups in total. The first-order valence-electron chi connectivity index (χ1n) is 14.2. The minimum absolute atomic E-state index is 0.0757. The monoisotopic (exact) mass is 541 g/mol. The van der Waals surface area contributed by atoms with Crippen LogP contribution in [0, 0.1) is 11.7 Å². The molecule has 1 aromatic heterocycles. The highest BCUT2D eigenvalue weighted by Crippen LogP contribution is 2.25. The van der Waals surface area contributed by atoms with Gasteiger partial charge in [-0.3, -0.25) is 9.69 Å². The number of fused-ring (bicyclic) bond motifs is 1. The highest BCUT2D eigenvalue weighted by molar-refractivity contribution is 5.79. The Morgan fingerprint density at radius 3 is 2.27 bits per heavy atom. The zero-order valence-corrected chi connectivity index (χ0v) is 23.0. The number of hydrogen-bond donors (Lipinski definition) is 0. The van der Waals surface area contributed by atoms with Crippen LogP contribution in [-0.4, -0.2) is 71.6 Å². The second kappa shape index (κ2) is 11.7. The number of piperidine rings is 1. The molecule has 8 heteroatoms. The number of imidazole rings is 1. The number of hydrogen-bond acceptors (Lipinski definition) is 5. The summed E-state index contributed by atoms with van der Waals surface area (Å²) in [5.41, 5.74) is 4.36. The summed E-state index contributed by atoms with van der Waals surface area (Å²) < 4.78 is 20.9. The largest absolute Gasteiger partial charge is 0.497 e. The number of carbonyl (C=O) groups is 1. The fourth-order valence-corrected chi connectivity index (χ4v) is 5.97. The summed E-state index contributed by atoms with van der Waals surface area (Å²) in [7, 11) is 1.68. The third-order valence-corrected chi connectivity index (χ3v) is 8.32. The van der Waals surface area contributed by atoms with Crippen LogP contribution in [0.1, 0.15) is 24.2 Å². The van der Waals surface area contributed by atoms with Gasteiger partial charge in [0.1, 0.15) is 17.4 Å². The molecule has 4 aromatic rings. The predicted molar refractivity (Wildman–Crippen MR) is 155 cm³/mol. The minimum Gasteiger partial charge on any atom is -0.497 e. The first-order valence-corrected chi connectivity index (χ1v) is 14.2. The summed E-state index contributed by atoms with van der Waals surface area (Å²) >= 11 is 0. The summed E-state index contributed by atoms with van der Waals surface area (Å²) in [6.45, 7) is 6.27. The number of rotatable bonds is 7. The molecule has 0 spiro atoms. The topological polar surface area (TPSA) is 53.8 Å². The van der Waals surface area contributed by atoms with E-state index in [1.54, 1.807) is 7.11 Å². The van der Waals surface area contributed by atoms with E-state index < -0.39 is 0 Å². The van der Waals surface area contributed by atoms with Crippen molar-refractivity contribution in [3.63, 3.8) is 0 Å². The van der Waals surface area contributed by atoms with Gasteiger partial charge in [0, 0.05) is 44.3 Å². The molecule has 1 amide bonds. The lowest BCUT2D eigenvalue weighted by Crippen LogP contribution is -2.51. The summed E-state index contributed by atoms with van der Waals surface area (Å²) in [4.78, 5) is 25.0. The number of anilines is 1. The molecule has 0 bridgehead atoms. The standard InChI is InChI=1S/C32H36FN5O2/c1-40-28-12-6-24(7-13-28)22-38-30-5-3-2-4-29(30)34-31(38)23-35-16-14-25(15-17-35)32(39)37-20-18-36(19-21-37)27-10-8-26(33)9-11-27/h2-13,25H,14-23H2,1H3. The Morgan fingerprint density at radius 1 is 0.875 bits per heavy atom. The van der Waals surface area contributed by atoms with E-state index >= 15 is 0 Å². The molecule has 3 heterocycles. The van der Waals surface area contributed by atoms with E-state index in [9.17, 15) is 9.18 Å². The van der Waals surface area contributed by atoms with Gasteiger partial charge in [-0.1, -0.05) is 24.3 Å². The van der Waals surface area contributed by atoms with Crippen molar-refractivity contribution in [1.29, 1.82) is 0 Å². The highest BCUT2D eigenvalue weighted by Gasteiger charge is 2.31. The quantitative estimate of drug-likeness (QED) is 0.337. The van der Waals surface area contributed by atoms with Crippen molar-refractivity contribution in [3.05, 3.63) is 90.0 Å². The maximum absolute atomic E-state index is 13.3. The second-order valence-electron chi connectivity index (χ2n) is 10.8. The maximum atomic E-state index is 13.3. The number of benzene rings is 3. The van der Waals surface area contributed by atoms with E-state index in [2.05, 4.69) is 44.7 Å². The highest BCUT2D eigenvalue weighted by atomic mass is 19.1. The van der Waals surface area contributed by atoms with Gasteiger partial charge in [-0.05, 0) is 80.0 Å². The molecular weight excluding hydrogens is 505 g/mol. The number of amides is 1. The molecule has 2 aliphatic heterocycles. The number of carbonyl (C=O) groups excluding carboxylic acids is 1. The van der Waals surface area contributed by atoms with Crippen molar-refractivity contribution in [3.8, 4) is 5.75 Å². The van der Waals surface area contributed by atoms with Crippen molar-refractivity contribution in [2.45, 2.75) is 25.9 Å². The summed E-state index contributed by atoms with van der Waals surface area (Å²) in [5.74, 6) is 2.04. The molecule has 208 valence electrons. The third kappa shape index (κ3) is 5.68. The SMILES string of the molecule is COc1ccc(Cn2c(CN3CCC(C(=O)N4CCN(c5ccc(F)cc5)CC4)CC3)nc3ccccc32)cc1. The Bertz CT molecular complexity index is 1440. The molecule has 7 nitrogen and oxygen atoms in total. The van der Waals surface area contributed by atoms with Crippen LogP contribution in [0.4, 0.5) is 10.1 Å². The van der Waals surface area contributed by atoms with Crippen LogP contribution in [0.25, 0.3) is 11.0 Å². The Morgan fingerprint density at radius 2 is 1.57 bits per heavy atom. The fourth-order valence-electron chi connectivity index (χ4n) is 5.97. The first kappa shape index (κ1) is 26.3. The Hall–Kier alpha value is -3.91. The second-order valence-corrected chi connectivity index (χ2v) is 10.8. The molecule has 6 rings (SSSR count).